The third-order valence-electron chi connectivity index (χ3n) is 2.84. The van der Waals surface area contributed by atoms with Gasteiger partial charge in [-0.15, -0.1) is 0 Å². The van der Waals surface area contributed by atoms with E-state index in [1.165, 1.54) is 0 Å². The number of aromatic hydroxyl groups is 1. The van der Waals surface area contributed by atoms with Crippen molar-refractivity contribution < 1.29 is 29.5 Å². The molecule has 120 valence electrons. The van der Waals surface area contributed by atoms with Gasteiger partial charge in [0.2, 0.25) is 5.75 Å². The predicted octanol–water partition coefficient (Wildman–Crippen LogP) is 0.931. The fourth-order valence-corrected chi connectivity index (χ4v) is 2.08. The summed E-state index contributed by atoms with van der Waals surface area (Å²) < 4.78 is 0. The summed E-state index contributed by atoms with van der Waals surface area (Å²) in [5.74, 6) is -3.08. The van der Waals surface area contributed by atoms with Gasteiger partial charge in [0.25, 0.3) is 5.91 Å². The molecule has 1 fully saturated rings. The molecule has 3 amide bonds. The van der Waals surface area contributed by atoms with Crippen molar-refractivity contribution in [2.75, 3.05) is 6.54 Å². The summed E-state index contributed by atoms with van der Waals surface area (Å²) in [4.78, 5) is 44.5. The number of phenolic OH excluding ortho intramolecular Hbond substituents is 1. The molecule has 1 aliphatic heterocycles. The number of halogens is 1. The third-order valence-corrected chi connectivity index (χ3v) is 3.05. The minimum absolute atomic E-state index is 0.0690. The van der Waals surface area contributed by atoms with Gasteiger partial charge in [-0.2, -0.15) is 0 Å². The fourth-order valence-electron chi connectivity index (χ4n) is 1.86. The van der Waals surface area contributed by atoms with Crippen LogP contribution in [0.15, 0.2) is 17.8 Å². The second-order valence-corrected chi connectivity index (χ2v) is 4.83. The number of carbonyl (C=O) groups is 3. The van der Waals surface area contributed by atoms with Crippen molar-refractivity contribution >= 4 is 41.3 Å². The number of carboxylic acid groups (broad SMARTS) is 1. The van der Waals surface area contributed by atoms with Crippen LogP contribution in [0.5, 0.6) is 5.75 Å². The first-order valence-electron chi connectivity index (χ1n) is 5.94. The van der Waals surface area contributed by atoms with Crippen molar-refractivity contribution in [3.05, 3.63) is 38.5 Å². The van der Waals surface area contributed by atoms with E-state index in [9.17, 15) is 29.6 Å². The van der Waals surface area contributed by atoms with Crippen molar-refractivity contribution in [3.8, 4) is 5.75 Å². The zero-order valence-corrected chi connectivity index (χ0v) is 11.9. The van der Waals surface area contributed by atoms with Gasteiger partial charge < -0.3 is 15.5 Å². The number of nitrogens with zero attached hydrogens (tertiary/aromatic N) is 2. The van der Waals surface area contributed by atoms with Gasteiger partial charge in [-0.1, -0.05) is 11.6 Å². The van der Waals surface area contributed by atoms with Crippen LogP contribution in [0.25, 0.3) is 6.08 Å². The number of hydrogen-bond donors (Lipinski definition) is 3. The van der Waals surface area contributed by atoms with Crippen LogP contribution in [-0.2, 0) is 9.59 Å². The number of rotatable bonds is 4. The Morgan fingerprint density at radius 2 is 2.09 bits per heavy atom. The number of amides is 3. The van der Waals surface area contributed by atoms with Gasteiger partial charge >= 0.3 is 17.7 Å². The molecule has 11 heteroatoms. The summed E-state index contributed by atoms with van der Waals surface area (Å²) in [6.45, 7) is -0.844. The topological polar surface area (TPSA) is 150 Å². The Bertz CT molecular complexity index is 774. The molecular weight excluding hydrogens is 334 g/mol. The lowest BCUT2D eigenvalue weighted by atomic mass is 10.1. The van der Waals surface area contributed by atoms with Gasteiger partial charge in [-0.05, 0) is 12.1 Å². The molecule has 1 aliphatic rings. The Kier molecular flexibility index (Phi) is 4.18. The summed E-state index contributed by atoms with van der Waals surface area (Å²) in [6.07, 6.45) is 0.969. The van der Waals surface area contributed by atoms with E-state index in [0.29, 0.717) is 4.90 Å². The summed E-state index contributed by atoms with van der Waals surface area (Å²) in [5, 5.41) is 31.3. The number of carbonyl (C=O) groups excluding carboxylic acids is 2. The number of aliphatic carboxylic acids is 1. The summed E-state index contributed by atoms with van der Waals surface area (Å²) in [5.41, 5.74) is -1.20. The zero-order chi connectivity index (χ0) is 17.3. The molecule has 1 aromatic rings. The lowest BCUT2D eigenvalue weighted by Crippen LogP contribution is -2.35. The molecule has 0 atom stereocenters. The Morgan fingerprint density at radius 1 is 1.43 bits per heavy atom. The number of nitrogens with one attached hydrogen (secondary N) is 1. The highest BCUT2D eigenvalue weighted by Crippen LogP contribution is 2.34. The first-order valence-corrected chi connectivity index (χ1v) is 6.31. The van der Waals surface area contributed by atoms with Crippen LogP contribution in [0, 0.1) is 10.1 Å². The van der Waals surface area contributed by atoms with Gasteiger partial charge in [0.15, 0.2) is 0 Å². The van der Waals surface area contributed by atoms with E-state index >= 15 is 0 Å². The minimum Gasteiger partial charge on any atom is -0.502 e. The number of urea groups is 1. The van der Waals surface area contributed by atoms with E-state index in [-0.39, 0.29) is 16.3 Å². The number of carboxylic acids is 1. The maximum absolute atomic E-state index is 11.9. The van der Waals surface area contributed by atoms with Gasteiger partial charge in [-0.25, -0.2) is 9.69 Å². The predicted molar refractivity (Wildman–Crippen MR) is 75.6 cm³/mol. The molecule has 10 nitrogen and oxygen atoms in total. The molecule has 0 aromatic heterocycles. The number of nitro groups is 1. The summed E-state index contributed by atoms with van der Waals surface area (Å²) >= 11 is 5.71. The fraction of sp³-hybridized carbons (Fsp3) is 0.0833. The van der Waals surface area contributed by atoms with Crippen molar-refractivity contribution in [3.63, 3.8) is 0 Å². The molecule has 0 radical (unpaired) electrons. The van der Waals surface area contributed by atoms with Gasteiger partial charge in [0, 0.05) is 16.7 Å². The number of hydrogen-bond acceptors (Lipinski definition) is 6. The van der Waals surface area contributed by atoms with E-state index < -0.39 is 40.8 Å². The van der Waals surface area contributed by atoms with E-state index in [1.54, 1.807) is 0 Å². The SMILES string of the molecule is O=C(O)CN1C(=O)N/C(=C/c2cc(Cl)cc([N+](=O)[O-])c2O)C1=O. The normalized spacial score (nSPS) is 15.9. The molecule has 0 aliphatic carbocycles. The van der Waals surface area contributed by atoms with Crippen LogP contribution in [0.1, 0.15) is 5.56 Å². The van der Waals surface area contributed by atoms with Crippen LogP contribution in [0.3, 0.4) is 0 Å². The van der Waals surface area contributed by atoms with Crippen molar-refractivity contribution in [1.82, 2.24) is 10.2 Å². The first-order chi connectivity index (χ1) is 10.7. The Balaban J connectivity index is 2.44. The third kappa shape index (κ3) is 3.21. The summed E-state index contributed by atoms with van der Waals surface area (Å²) in [6, 6.07) is 1.11. The highest BCUT2D eigenvalue weighted by atomic mass is 35.5. The van der Waals surface area contributed by atoms with Crippen molar-refractivity contribution in [2.45, 2.75) is 0 Å². The maximum atomic E-state index is 11.9. The smallest absolute Gasteiger partial charge is 0.329 e. The van der Waals surface area contributed by atoms with Crippen molar-refractivity contribution in [1.29, 1.82) is 0 Å². The average molecular weight is 342 g/mol. The maximum Gasteiger partial charge on any atom is 0.329 e. The number of phenols is 1. The molecule has 1 aromatic carbocycles. The molecule has 2 rings (SSSR count). The first kappa shape index (κ1) is 16.2. The van der Waals surface area contributed by atoms with Crippen molar-refractivity contribution in [2.24, 2.45) is 0 Å². The van der Waals surface area contributed by atoms with Crippen LogP contribution < -0.4 is 5.32 Å². The highest BCUT2D eigenvalue weighted by molar-refractivity contribution is 6.31. The average Bonchev–Trinajstić information content (AvgIpc) is 2.69. The lowest BCUT2D eigenvalue weighted by Gasteiger charge is -2.07. The van der Waals surface area contributed by atoms with Crippen LogP contribution in [0.4, 0.5) is 10.5 Å². The Hall–Kier alpha value is -3.14. The van der Waals surface area contributed by atoms with Crippen LogP contribution in [-0.4, -0.2) is 44.5 Å². The molecule has 1 heterocycles. The molecule has 0 spiro atoms. The largest absolute Gasteiger partial charge is 0.502 e. The van der Waals surface area contributed by atoms with E-state index in [0.717, 1.165) is 18.2 Å². The molecule has 0 bridgehead atoms. The second-order valence-electron chi connectivity index (χ2n) is 4.39. The van der Waals surface area contributed by atoms with E-state index in [2.05, 4.69) is 5.32 Å². The molecule has 1 saturated heterocycles. The quantitative estimate of drug-likeness (QED) is 0.319. The number of nitro benzene ring substituents is 1. The number of benzene rings is 1. The molecular formula is C12H8ClN3O7. The minimum atomic E-state index is -1.39. The van der Waals surface area contributed by atoms with E-state index in [4.69, 9.17) is 16.7 Å². The van der Waals surface area contributed by atoms with Crippen LogP contribution in [0.2, 0.25) is 5.02 Å². The van der Waals surface area contributed by atoms with Crippen LogP contribution >= 0.6 is 11.6 Å². The van der Waals surface area contributed by atoms with E-state index in [1.807, 2.05) is 0 Å². The standard InChI is InChI=1S/C12H8ClN3O7/c13-6-1-5(10(19)8(3-6)16(22)23)2-7-11(20)15(4-9(17)18)12(21)14-7/h1-3,19H,4H2,(H,14,21)(H,17,18)/b7-2+. The molecule has 0 saturated carbocycles. The monoisotopic (exact) mass is 341 g/mol. The lowest BCUT2D eigenvalue weighted by molar-refractivity contribution is -0.385. The van der Waals surface area contributed by atoms with Gasteiger partial charge in [0.1, 0.15) is 12.2 Å². The highest BCUT2D eigenvalue weighted by Gasteiger charge is 2.35. The summed E-state index contributed by atoms with van der Waals surface area (Å²) in [7, 11) is 0. The molecule has 0 unspecified atom stereocenters. The molecule has 3 N–H and O–H groups in total. The Morgan fingerprint density at radius 3 is 2.65 bits per heavy atom. The van der Waals surface area contributed by atoms with Gasteiger partial charge in [0.05, 0.1) is 4.92 Å². The Labute approximate surface area is 132 Å². The number of imide groups is 1. The molecule has 23 heavy (non-hydrogen) atoms. The van der Waals surface area contributed by atoms with Gasteiger partial charge in [-0.3, -0.25) is 19.7 Å². The zero-order valence-electron chi connectivity index (χ0n) is 11.1. The second kappa shape index (κ2) is 5.93.